The monoisotopic (exact) mass is 280 g/mol. The first kappa shape index (κ1) is 14.8. The fourth-order valence-electron chi connectivity index (χ4n) is 2.81. The highest BCUT2D eigenvalue weighted by molar-refractivity contribution is 6.31. The van der Waals surface area contributed by atoms with E-state index in [9.17, 15) is 0 Å². The number of rotatable bonds is 5. The maximum Gasteiger partial charge on any atom is 0.0438 e. The van der Waals surface area contributed by atoms with Gasteiger partial charge in [-0.05, 0) is 51.4 Å². The molecule has 1 aliphatic rings. The van der Waals surface area contributed by atoms with E-state index in [4.69, 9.17) is 11.6 Å². The molecule has 1 aromatic rings. The summed E-state index contributed by atoms with van der Waals surface area (Å²) in [5, 5.41) is 4.54. The molecule has 2 unspecified atom stereocenters. The van der Waals surface area contributed by atoms with Gasteiger partial charge in [-0.2, -0.15) is 0 Å². The normalized spacial score (nSPS) is 22.4. The molecule has 0 saturated carbocycles. The molecule has 2 rings (SSSR count). The van der Waals surface area contributed by atoms with Gasteiger partial charge in [0, 0.05) is 23.7 Å². The van der Waals surface area contributed by atoms with Crippen molar-refractivity contribution in [3.05, 3.63) is 34.9 Å². The van der Waals surface area contributed by atoms with Crippen molar-refractivity contribution in [3.8, 4) is 0 Å². The first-order chi connectivity index (χ1) is 9.16. The van der Waals surface area contributed by atoms with E-state index < -0.39 is 0 Å². The van der Waals surface area contributed by atoms with Gasteiger partial charge in [0.15, 0.2) is 0 Å². The number of likely N-dealkylation sites (N-methyl/N-ethyl adjacent to an activating group) is 1. The number of halogens is 1. The highest BCUT2D eigenvalue weighted by Gasteiger charge is 2.19. The van der Waals surface area contributed by atoms with E-state index in [1.165, 1.54) is 31.4 Å². The second-order valence-corrected chi connectivity index (χ2v) is 6.14. The molecule has 0 amide bonds. The van der Waals surface area contributed by atoms with E-state index in [2.05, 4.69) is 36.3 Å². The predicted octanol–water partition coefficient (Wildman–Crippen LogP) is 3.34. The second-order valence-electron chi connectivity index (χ2n) is 5.74. The summed E-state index contributed by atoms with van der Waals surface area (Å²) in [5.74, 6) is 0. The Morgan fingerprint density at radius 2 is 2.16 bits per heavy atom. The van der Waals surface area contributed by atoms with Crippen molar-refractivity contribution < 1.29 is 0 Å². The number of hydrogen-bond donors (Lipinski definition) is 1. The molecular weight excluding hydrogens is 256 g/mol. The number of nitrogens with zero attached hydrogens (tertiary/aromatic N) is 1. The molecule has 2 atom stereocenters. The molecule has 106 valence electrons. The Balaban J connectivity index is 1.78. The van der Waals surface area contributed by atoms with Gasteiger partial charge in [-0.3, -0.25) is 0 Å². The summed E-state index contributed by atoms with van der Waals surface area (Å²) in [6, 6.07) is 9.30. The Morgan fingerprint density at radius 3 is 2.89 bits per heavy atom. The standard InChI is InChI=1S/C16H25ClN2/c1-13(11-14-7-3-4-9-16(14)17)18-12-15-8-5-6-10-19(15)2/h3-4,7,9,13,15,18H,5-6,8,10-12H2,1-2H3. The van der Waals surface area contributed by atoms with Crippen molar-refractivity contribution in [3.63, 3.8) is 0 Å². The molecule has 19 heavy (non-hydrogen) atoms. The third-order valence-corrected chi connectivity index (χ3v) is 4.48. The third kappa shape index (κ3) is 4.48. The highest BCUT2D eigenvalue weighted by Crippen LogP contribution is 2.17. The van der Waals surface area contributed by atoms with Gasteiger partial charge in [-0.1, -0.05) is 36.2 Å². The lowest BCUT2D eigenvalue weighted by Gasteiger charge is -2.33. The van der Waals surface area contributed by atoms with Crippen molar-refractivity contribution in [2.24, 2.45) is 0 Å². The zero-order valence-corrected chi connectivity index (χ0v) is 12.8. The summed E-state index contributed by atoms with van der Waals surface area (Å²) in [6.07, 6.45) is 5.04. The molecule has 0 radical (unpaired) electrons. The van der Waals surface area contributed by atoms with E-state index in [0.29, 0.717) is 12.1 Å². The molecule has 1 N–H and O–H groups in total. The fraction of sp³-hybridized carbons (Fsp3) is 0.625. The Hall–Kier alpha value is -0.570. The minimum absolute atomic E-state index is 0.468. The SMILES string of the molecule is CC(Cc1ccccc1Cl)NCC1CCCCN1C. The summed E-state index contributed by atoms with van der Waals surface area (Å²) in [5.41, 5.74) is 1.24. The van der Waals surface area contributed by atoms with Crippen molar-refractivity contribution in [2.45, 2.75) is 44.7 Å². The van der Waals surface area contributed by atoms with Crippen LogP contribution in [0.5, 0.6) is 0 Å². The smallest absolute Gasteiger partial charge is 0.0438 e. The molecule has 2 nitrogen and oxygen atoms in total. The Morgan fingerprint density at radius 1 is 1.37 bits per heavy atom. The van der Waals surface area contributed by atoms with Crippen LogP contribution in [0.15, 0.2) is 24.3 Å². The maximum absolute atomic E-state index is 6.20. The molecule has 1 aliphatic heterocycles. The van der Waals surface area contributed by atoms with Crippen LogP contribution >= 0.6 is 11.6 Å². The van der Waals surface area contributed by atoms with Gasteiger partial charge in [-0.25, -0.2) is 0 Å². The van der Waals surface area contributed by atoms with Gasteiger partial charge in [-0.15, -0.1) is 0 Å². The minimum atomic E-state index is 0.468. The number of nitrogens with one attached hydrogen (secondary N) is 1. The lowest BCUT2D eigenvalue weighted by atomic mass is 10.0. The fourth-order valence-corrected chi connectivity index (χ4v) is 3.02. The molecule has 1 aromatic carbocycles. The van der Waals surface area contributed by atoms with E-state index in [1.54, 1.807) is 0 Å². The minimum Gasteiger partial charge on any atom is -0.312 e. The quantitative estimate of drug-likeness (QED) is 0.890. The Labute approximate surface area is 122 Å². The predicted molar refractivity (Wildman–Crippen MR) is 82.9 cm³/mol. The van der Waals surface area contributed by atoms with Crippen LogP contribution in [0, 0.1) is 0 Å². The first-order valence-electron chi connectivity index (χ1n) is 7.34. The lowest BCUT2D eigenvalue weighted by Crippen LogP contribution is -2.45. The zero-order chi connectivity index (χ0) is 13.7. The summed E-state index contributed by atoms with van der Waals surface area (Å²) in [7, 11) is 2.24. The van der Waals surface area contributed by atoms with Gasteiger partial charge in [0.25, 0.3) is 0 Å². The van der Waals surface area contributed by atoms with Gasteiger partial charge in [0.1, 0.15) is 0 Å². The number of hydrogen-bond acceptors (Lipinski definition) is 2. The van der Waals surface area contributed by atoms with Crippen LogP contribution in [0.2, 0.25) is 5.02 Å². The average Bonchev–Trinajstić information content (AvgIpc) is 2.40. The number of piperidine rings is 1. The van der Waals surface area contributed by atoms with Crippen LogP contribution in [0.3, 0.4) is 0 Å². The molecule has 0 bridgehead atoms. The average molecular weight is 281 g/mol. The largest absolute Gasteiger partial charge is 0.312 e. The van der Waals surface area contributed by atoms with Gasteiger partial charge in [0.05, 0.1) is 0 Å². The molecule has 0 aromatic heterocycles. The first-order valence-corrected chi connectivity index (χ1v) is 7.71. The van der Waals surface area contributed by atoms with Crippen molar-refractivity contribution in [2.75, 3.05) is 20.1 Å². The number of likely N-dealkylation sites (tertiary alicyclic amines) is 1. The summed E-state index contributed by atoms with van der Waals surface area (Å²) in [6.45, 7) is 4.57. The van der Waals surface area contributed by atoms with Crippen LogP contribution in [0.1, 0.15) is 31.7 Å². The molecule has 0 aliphatic carbocycles. The molecular formula is C16H25ClN2. The highest BCUT2D eigenvalue weighted by atomic mass is 35.5. The third-order valence-electron chi connectivity index (χ3n) is 4.11. The molecule has 1 heterocycles. The molecule has 3 heteroatoms. The van der Waals surface area contributed by atoms with Crippen LogP contribution < -0.4 is 5.32 Å². The van der Waals surface area contributed by atoms with Gasteiger partial charge < -0.3 is 10.2 Å². The molecule has 1 fully saturated rings. The van der Waals surface area contributed by atoms with E-state index in [0.717, 1.165) is 18.0 Å². The molecule has 0 spiro atoms. The topological polar surface area (TPSA) is 15.3 Å². The summed E-state index contributed by atoms with van der Waals surface area (Å²) >= 11 is 6.20. The number of benzene rings is 1. The van der Waals surface area contributed by atoms with E-state index >= 15 is 0 Å². The second kappa shape index (κ2) is 7.28. The molecule has 1 saturated heterocycles. The van der Waals surface area contributed by atoms with Gasteiger partial charge >= 0.3 is 0 Å². The van der Waals surface area contributed by atoms with Crippen molar-refractivity contribution in [1.29, 1.82) is 0 Å². The Bertz CT molecular complexity index is 394. The van der Waals surface area contributed by atoms with Crippen LogP contribution in [0.4, 0.5) is 0 Å². The van der Waals surface area contributed by atoms with Gasteiger partial charge in [0.2, 0.25) is 0 Å². The van der Waals surface area contributed by atoms with Crippen molar-refractivity contribution in [1.82, 2.24) is 10.2 Å². The zero-order valence-electron chi connectivity index (χ0n) is 12.0. The van der Waals surface area contributed by atoms with Crippen LogP contribution in [0.25, 0.3) is 0 Å². The van der Waals surface area contributed by atoms with E-state index in [-0.39, 0.29) is 0 Å². The lowest BCUT2D eigenvalue weighted by molar-refractivity contribution is 0.178. The maximum atomic E-state index is 6.20. The van der Waals surface area contributed by atoms with E-state index in [1.807, 2.05) is 12.1 Å². The summed E-state index contributed by atoms with van der Waals surface area (Å²) < 4.78 is 0. The van der Waals surface area contributed by atoms with Crippen molar-refractivity contribution >= 4 is 11.6 Å². The van der Waals surface area contributed by atoms with Crippen LogP contribution in [-0.2, 0) is 6.42 Å². The van der Waals surface area contributed by atoms with Crippen LogP contribution in [-0.4, -0.2) is 37.1 Å². The Kier molecular flexibility index (Phi) is 5.68. The summed E-state index contributed by atoms with van der Waals surface area (Å²) in [4.78, 5) is 2.48.